The van der Waals surface area contributed by atoms with Crippen LogP contribution in [0.25, 0.3) is 5.76 Å². The van der Waals surface area contributed by atoms with Crippen molar-refractivity contribution in [2.24, 2.45) is 0 Å². The Morgan fingerprint density at radius 1 is 1.33 bits per heavy atom. The fourth-order valence-electron chi connectivity index (χ4n) is 2.14. The zero-order valence-electron chi connectivity index (χ0n) is 12.0. The smallest absolute Gasteiger partial charge is 0.272 e. The van der Waals surface area contributed by atoms with E-state index in [4.69, 9.17) is 0 Å². The van der Waals surface area contributed by atoms with Crippen molar-refractivity contribution in [2.75, 3.05) is 13.6 Å². The van der Waals surface area contributed by atoms with Crippen molar-refractivity contribution in [3.05, 3.63) is 35.5 Å². The highest BCUT2D eigenvalue weighted by atomic mass is 32.2. The van der Waals surface area contributed by atoms with E-state index in [0.717, 1.165) is 17.1 Å². The molecule has 1 aliphatic rings. The number of aliphatic hydroxyl groups excluding tert-OH is 1. The van der Waals surface area contributed by atoms with Crippen LogP contribution in [0.2, 0.25) is 0 Å². The molecule has 2 N–H and O–H groups in total. The number of nitrogens with zero attached hydrogens (tertiary/aromatic N) is 1. The monoisotopic (exact) mass is 310 g/mol. The number of fused-ring (bicyclic) bond motifs is 1. The number of amides is 1. The first-order valence-electron chi connectivity index (χ1n) is 6.71. The van der Waals surface area contributed by atoms with Crippen molar-refractivity contribution in [3.8, 4) is 0 Å². The lowest BCUT2D eigenvalue weighted by Gasteiger charge is -2.28. The molecular weight excluding hydrogens is 292 g/mol. The first kappa shape index (κ1) is 15.4. The number of hydrogen-bond acceptors (Lipinski definition) is 4. The highest BCUT2D eigenvalue weighted by molar-refractivity contribution is 7.89. The third kappa shape index (κ3) is 2.61. The molecule has 0 radical (unpaired) electrons. The van der Waals surface area contributed by atoms with E-state index in [-0.39, 0.29) is 21.9 Å². The quantitative estimate of drug-likeness (QED) is 0.824. The Labute approximate surface area is 124 Å². The molecule has 0 bridgehead atoms. The van der Waals surface area contributed by atoms with Gasteiger partial charge in [-0.1, -0.05) is 25.5 Å². The maximum absolute atomic E-state index is 12.4. The summed E-state index contributed by atoms with van der Waals surface area (Å²) in [5.74, 6) is -0.918. The summed E-state index contributed by atoms with van der Waals surface area (Å²) in [6, 6.07) is 6.07. The minimum Gasteiger partial charge on any atom is -0.505 e. The predicted molar refractivity (Wildman–Crippen MR) is 78.9 cm³/mol. The third-order valence-electron chi connectivity index (χ3n) is 3.35. The molecule has 21 heavy (non-hydrogen) atoms. The molecule has 0 atom stereocenters. The summed E-state index contributed by atoms with van der Waals surface area (Å²) >= 11 is 0. The second-order valence-electron chi connectivity index (χ2n) is 4.78. The van der Waals surface area contributed by atoms with Crippen molar-refractivity contribution in [1.29, 1.82) is 0 Å². The molecule has 7 heteroatoms. The van der Waals surface area contributed by atoms with Gasteiger partial charge in [-0.25, -0.2) is 8.42 Å². The standard InChI is InChI=1S/C14H18N2O4S/c1-3-4-9-15-14(18)12-13(17)10-7-5-6-8-11(10)21(19,20)16(12)2/h5-8,17H,3-4,9H2,1-2H3,(H,15,18). The van der Waals surface area contributed by atoms with E-state index in [1.165, 1.54) is 19.2 Å². The Hall–Kier alpha value is -2.02. The van der Waals surface area contributed by atoms with Gasteiger partial charge in [-0.3, -0.25) is 9.10 Å². The Kier molecular flexibility index (Phi) is 4.22. The SMILES string of the molecule is CCCCNC(=O)C1=C(O)c2ccccc2S(=O)(=O)N1C. The number of hydrogen-bond donors (Lipinski definition) is 2. The third-order valence-corrected chi connectivity index (χ3v) is 5.17. The fraction of sp³-hybridized carbons (Fsp3) is 0.357. The van der Waals surface area contributed by atoms with Gasteiger partial charge >= 0.3 is 0 Å². The summed E-state index contributed by atoms with van der Waals surface area (Å²) in [6.07, 6.45) is 1.69. The Morgan fingerprint density at radius 2 is 2.00 bits per heavy atom. The van der Waals surface area contributed by atoms with Crippen molar-refractivity contribution in [1.82, 2.24) is 9.62 Å². The number of nitrogens with one attached hydrogen (secondary N) is 1. The predicted octanol–water partition coefficient (Wildman–Crippen LogP) is 1.46. The van der Waals surface area contributed by atoms with Crippen molar-refractivity contribution in [2.45, 2.75) is 24.7 Å². The number of benzene rings is 1. The molecule has 0 aliphatic carbocycles. The van der Waals surface area contributed by atoms with Gasteiger partial charge in [-0.15, -0.1) is 0 Å². The molecule has 0 spiro atoms. The molecule has 1 aromatic carbocycles. The number of carbonyl (C=O) groups excluding carboxylic acids is 1. The van der Waals surface area contributed by atoms with E-state index >= 15 is 0 Å². The lowest BCUT2D eigenvalue weighted by Crippen LogP contribution is -2.40. The zero-order valence-corrected chi connectivity index (χ0v) is 12.8. The largest absolute Gasteiger partial charge is 0.505 e. The lowest BCUT2D eigenvalue weighted by atomic mass is 10.1. The van der Waals surface area contributed by atoms with E-state index in [1.54, 1.807) is 12.1 Å². The normalized spacial score (nSPS) is 16.6. The number of rotatable bonds is 4. The fourth-order valence-corrected chi connectivity index (χ4v) is 3.54. The minimum absolute atomic E-state index is 0.00453. The van der Waals surface area contributed by atoms with Gasteiger partial charge in [-0.2, -0.15) is 0 Å². The van der Waals surface area contributed by atoms with Crippen LogP contribution < -0.4 is 5.32 Å². The number of carbonyl (C=O) groups is 1. The van der Waals surface area contributed by atoms with Crippen molar-refractivity contribution >= 4 is 21.7 Å². The Bertz CT molecular complexity index is 695. The van der Waals surface area contributed by atoms with Crippen molar-refractivity contribution < 1.29 is 18.3 Å². The number of sulfonamides is 1. The van der Waals surface area contributed by atoms with E-state index in [1.807, 2.05) is 6.92 Å². The molecule has 0 fully saturated rings. The van der Waals surface area contributed by atoms with E-state index in [2.05, 4.69) is 5.32 Å². The van der Waals surface area contributed by atoms with Crippen LogP contribution in [-0.2, 0) is 14.8 Å². The maximum Gasteiger partial charge on any atom is 0.272 e. The van der Waals surface area contributed by atoms with E-state index in [9.17, 15) is 18.3 Å². The molecule has 0 unspecified atom stereocenters. The van der Waals surface area contributed by atoms with Gasteiger partial charge in [0.25, 0.3) is 15.9 Å². The van der Waals surface area contributed by atoms with Gasteiger partial charge in [-0.05, 0) is 18.6 Å². The number of aliphatic hydroxyl groups is 1. The maximum atomic E-state index is 12.4. The van der Waals surface area contributed by atoms with Crippen LogP contribution in [0.1, 0.15) is 25.3 Å². The second-order valence-corrected chi connectivity index (χ2v) is 6.71. The van der Waals surface area contributed by atoms with Gasteiger partial charge < -0.3 is 10.4 Å². The summed E-state index contributed by atoms with van der Waals surface area (Å²) in [4.78, 5) is 12.2. The van der Waals surface area contributed by atoms with Gasteiger partial charge in [0, 0.05) is 19.2 Å². The van der Waals surface area contributed by atoms with Crippen LogP contribution in [0.4, 0.5) is 0 Å². The lowest BCUT2D eigenvalue weighted by molar-refractivity contribution is -0.118. The molecule has 0 saturated heterocycles. The molecule has 1 amide bonds. The molecule has 1 aliphatic heterocycles. The summed E-state index contributed by atoms with van der Waals surface area (Å²) in [7, 11) is -2.56. The minimum atomic E-state index is -3.82. The van der Waals surface area contributed by atoms with Crippen LogP contribution in [0, 0.1) is 0 Å². The van der Waals surface area contributed by atoms with Crippen LogP contribution in [0.5, 0.6) is 0 Å². The average Bonchev–Trinajstić information content (AvgIpc) is 2.46. The van der Waals surface area contributed by atoms with Crippen LogP contribution in [0.3, 0.4) is 0 Å². The van der Waals surface area contributed by atoms with Gasteiger partial charge in [0.05, 0.1) is 4.90 Å². The Balaban J connectivity index is 2.48. The Morgan fingerprint density at radius 3 is 2.67 bits per heavy atom. The highest BCUT2D eigenvalue weighted by Crippen LogP contribution is 2.34. The molecule has 6 nitrogen and oxygen atoms in total. The number of likely N-dealkylation sites (N-methyl/N-ethyl adjacent to an activating group) is 1. The molecule has 1 heterocycles. The molecule has 2 rings (SSSR count). The molecular formula is C14H18N2O4S. The molecule has 1 aromatic rings. The first-order chi connectivity index (χ1) is 9.91. The highest BCUT2D eigenvalue weighted by Gasteiger charge is 2.37. The van der Waals surface area contributed by atoms with Crippen molar-refractivity contribution in [3.63, 3.8) is 0 Å². The van der Waals surface area contributed by atoms with Crippen LogP contribution >= 0.6 is 0 Å². The molecule has 114 valence electrons. The summed E-state index contributed by atoms with van der Waals surface area (Å²) in [6.45, 7) is 2.41. The van der Waals surface area contributed by atoms with Gasteiger partial charge in [0.2, 0.25) is 0 Å². The summed E-state index contributed by atoms with van der Waals surface area (Å²) < 4.78 is 25.6. The van der Waals surface area contributed by atoms with E-state index in [0.29, 0.717) is 6.54 Å². The van der Waals surface area contributed by atoms with Crippen LogP contribution in [-0.4, -0.2) is 37.3 Å². The number of unbranched alkanes of at least 4 members (excludes halogenated alkanes) is 1. The first-order valence-corrected chi connectivity index (χ1v) is 8.15. The van der Waals surface area contributed by atoms with Gasteiger partial charge in [0.15, 0.2) is 11.5 Å². The summed E-state index contributed by atoms with van der Waals surface area (Å²) in [5, 5.41) is 12.9. The molecule has 0 aromatic heterocycles. The van der Waals surface area contributed by atoms with E-state index < -0.39 is 15.9 Å². The zero-order chi connectivity index (χ0) is 15.6. The topological polar surface area (TPSA) is 86.7 Å². The average molecular weight is 310 g/mol. The summed E-state index contributed by atoms with van der Waals surface area (Å²) in [5.41, 5.74) is -0.0963. The van der Waals surface area contributed by atoms with Crippen LogP contribution in [0.15, 0.2) is 34.9 Å². The second kappa shape index (κ2) is 5.77. The van der Waals surface area contributed by atoms with Gasteiger partial charge in [0.1, 0.15) is 0 Å². The molecule has 0 saturated carbocycles.